The number of amides is 2. The van der Waals surface area contributed by atoms with Crippen molar-refractivity contribution < 1.29 is 14.7 Å². The number of benzene rings is 2. The summed E-state index contributed by atoms with van der Waals surface area (Å²) in [6.07, 6.45) is 4.03. The van der Waals surface area contributed by atoms with Crippen LogP contribution in [0.2, 0.25) is 0 Å². The first-order valence-electron chi connectivity index (χ1n) is 10.7. The molecule has 5 rings (SSSR count). The molecule has 9 heteroatoms. The van der Waals surface area contributed by atoms with Crippen LogP contribution in [-0.4, -0.2) is 45.3 Å². The van der Waals surface area contributed by atoms with E-state index in [-0.39, 0.29) is 31.4 Å². The van der Waals surface area contributed by atoms with E-state index in [1.165, 1.54) is 11.3 Å². The van der Waals surface area contributed by atoms with Crippen molar-refractivity contribution >= 4 is 40.2 Å². The van der Waals surface area contributed by atoms with Crippen molar-refractivity contribution in [3.8, 4) is 16.9 Å². The highest BCUT2D eigenvalue weighted by molar-refractivity contribution is 7.12. The Morgan fingerprint density at radius 1 is 1.12 bits per heavy atom. The van der Waals surface area contributed by atoms with Gasteiger partial charge in [-0.1, -0.05) is 18.2 Å². The summed E-state index contributed by atoms with van der Waals surface area (Å²) in [6.45, 7) is 0.0536. The van der Waals surface area contributed by atoms with Crippen LogP contribution >= 0.6 is 11.3 Å². The van der Waals surface area contributed by atoms with Crippen molar-refractivity contribution in [2.75, 3.05) is 18.5 Å². The number of aliphatic hydroxyl groups is 1. The average molecular weight is 472 g/mol. The molecule has 34 heavy (non-hydrogen) atoms. The maximum Gasteiger partial charge on any atom is 0.280 e. The van der Waals surface area contributed by atoms with Crippen LogP contribution in [0.3, 0.4) is 0 Å². The fourth-order valence-corrected chi connectivity index (χ4v) is 4.44. The zero-order valence-corrected chi connectivity index (χ0v) is 18.9. The quantitative estimate of drug-likeness (QED) is 0.398. The van der Waals surface area contributed by atoms with Crippen LogP contribution in [0, 0.1) is 0 Å². The van der Waals surface area contributed by atoms with Crippen LogP contribution in [0.4, 0.5) is 11.4 Å². The van der Waals surface area contributed by atoms with Gasteiger partial charge in [0.05, 0.1) is 35.8 Å². The molecule has 0 fully saturated rings. The predicted molar refractivity (Wildman–Crippen MR) is 132 cm³/mol. The van der Waals surface area contributed by atoms with E-state index in [1.807, 2.05) is 76.9 Å². The number of carbonyl (C=O) groups excluding carboxylic acids is 2. The van der Waals surface area contributed by atoms with Crippen LogP contribution in [0.5, 0.6) is 0 Å². The summed E-state index contributed by atoms with van der Waals surface area (Å²) >= 11 is 1.24. The van der Waals surface area contributed by atoms with Crippen LogP contribution in [0.15, 0.2) is 77.4 Å². The number of nitrogens with one attached hydrogen (secondary N) is 2. The second-order valence-corrected chi connectivity index (χ2v) is 8.53. The van der Waals surface area contributed by atoms with Gasteiger partial charge in [0.2, 0.25) is 5.91 Å². The smallest absolute Gasteiger partial charge is 0.280 e. The molecule has 3 N–H and O–H groups in total. The van der Waals surface area contributed by atoms with Gasteiger partial charge in [0.25, 0.3) is 5.91 Å². The molecule has 2 aromatic heterocycles. The first-order valence-corrected chi connectivity index (χ1v) is 11.6. The van der Waals surface area contributed by atoms with Crippen LogP contribution in [-0.2, 0) is 4.79 Å². The summed E-state index contributed by atoms with van der Waals surface area (Å²) in [6, 6.07) is 17.3. The lowest BCUT2D eigenvalue weighted by Gasteiger charge is -2.08. The standard InChI is InChI=1S/C25H21N5O3S/c31-11-8-26-24(33)25-29-22(15-34-25)17-5-3-4-16(12-17)20-14-23(32)28-21-13-18(6-7-19(21)27-20)30-9-1-2-10-30/h1-7,9-10,12-13,15,31H,8,11,14H2,(H,26,33)(H,28,32). The van der Waals surface area contributed by atoms with E-state index in [4.69, 9.17) is 10.1 Å². The number of aliphatic hydroxyl groups excluding tert-OH is 1. The molecule has 0 saturated carbocycles. The Labute approximate surface area is 199 Å². The first-order chi connectivity index (χ1) is 16.6. The Morgan fingerprint density at radius 2 is 1.94 bits per heavy atom. The molecule has 0 unspecified atom stereocenters. The molecule has 170 valence electrons. The Morgan fingerprint density at radius 3 is 2.76 bits per heavy atom. The summed E-state index contributed by atoms with van der Waals surface area (Å²) in [5.74, 6) is -0.453. The maximum absolute atomic E-state index is 12.7. The Bertz CT molecular complexity index is 1390. The van der Waals surface area contributed by atoms with E-state index in [0.29, 0.717) is 27.8 Å². The number of aliphatic imine (C=N–C) groups is 1. The molecule has 4 aromatic rings. The minimum Gasteiger partial charge on any atom is -0.395 e. The summed E-state index contributed by atoms with van der Waals surface area (Å²) in [5, 5.41) is 16.6. The Hall–Kier alpha value is -4.08. The summed E-state index contributed by atoms with van der Waals surface area (Å²) in [7, 11) is 0. The van der Waals surface area contributed by atoms with Gasteiger partial charge < -0.3 is 20.3 Å². The highest BCUT2D eigenvalue weighted by Gasteiger charge is 2.19. The highest BCUT2D eigenvalue weighted by Crippen LogP contribution is 2.32. The van der Waals surface area contributed by atoms with E-state index in [1.54, 1.807) is 0 Å². The van der Waals surface area contributed by atoms with Gasteiger partial charge in [-0.15, -0.1) is 11.3 Å². The Balaban J connectivity index is 1.45. The number of anilines is 1. The number of thiazole rings is 1. The molecule has 3 heterocycles. The largest absolute Gasteiger partial charge is 0.395 e. The van der Waals surface area contributed by atoms with E-state index in [9.17, 15) is 9.59 Å². The zero-order chi connectivity index (χ0) is 23.5. The molecule has 1 aliphatic rings. The van der Waals surface area contributed by atoms with E-state index >= 15 is 0 Å². The van der Waals surface area contributed by atoms with Gasteiger partial charge in [-0.3, -0.25) is 14.6 Å². The summed E-state index contributed by atoms with van der Waals surface area (Å²) in [5.41, 5.74) is 5.25. The lowest BCUT2D eigenvalue weighted by atomic mass is 10.0. The molecule has 0 aliphatic carbocycles. The molecule has 0 saturated heterocycles. The molecule has 0 radical (unpaired) electrons. The molecule has 2 amide bonds. The molecule has 0 atom stereocenters. The Kier molecular flexibility index (Phi) is 6.03. The molecule has 0 spiro atoms. The van der Waals surface area contributed by atoms with Gasteiger partial charge in [-0.2, -0.15) is 0 Å². The van der Waals surface area contributed by atoms with Crippen LogP contribution in [0.1, 0.15) is 21.8 Å². The number of rotatable bonds is 6. The summed E-state index contributed by atoms with van der Waals surface area (Å²) in [4.78, 5) is 34.0. The first kappa shape index (κ1) is 21.7. The minimum atomic E-state index is -0.317. The minimum absolute atomic E-state index is 0.126. The highest BCUT2D eigenvalue weighted by atomic mass is 32.1. The van der Waals surface area contributed by atoms with E-state index < -0.39 is 0 Å². The lowest BCUT2D eigenvalue weighted by Crippen LogP contribution is -2.26. The van der Waals surface area contributed by atoms with Gasteiger partial charge in [-0.05, 0) is 42.0 Å². The normalized spacial score (nSPS) is 13.0. The summed E-state index contributed by atoms with van der Waals surface area (Å²) < 4.78 is 1.97. The van der Waals surface area contributed by atoms with Crippen LogP contribution in [0.25, 0.3) is 16.9 Å². The second-order valence-electron chi connectivity index (χ2n) is 7.67. The maximum atomic E-state index is 12.7. The number of aromatic nitrogens is 2. The number of fused-ring (bicyclic) bond motifs is 1. The molecule has 0 bridgehead atoms. The van der Waals surface area contributed by atoms with Crippen molar-refractivity contribution in [3.63, 3.8) is 0 Å². The fourth-order valence-electron chi connectivity index (χ4n) is 3.70. The predicted octanol–water partition coefficient (Wildman–Crippen LogP) is 3.79. The van der Waals surface area contributed by atoms with Gasteiger partial charge in [0.15, 0.2) is 5.01 Å². The SMILES string of the molecule is O=C1CC(c2cccc(-c3csc(C(=O)NCCO)n3)c2)=Nc2ccc(-n3cccc3)cc2N1. The fraction of sp³-hybridized carbons (Fsp3) is 0.120. The topological polar surface area (TPSA) is 109 Å². The lowest BCUT2D eigenvalue weighted by molar-refractivity contribution is -0.115. The third kappa shape index (κ3) is 4.52. The van der Waals surface area contributed by atoms with E-state index in [2.05, 4.69) is 15.6 Å². The third-order valence-electron chi connectivity index (χ3n) is 5.33. The molecule has 2 aromatic carbocycles. The van der Waals surface area contributed by atoms with Gasteiger partial charge in [0.1, 0.15) is 0 Å². The van der Waals surface area contributed by atoms with Crippen molar-refractivity contribution in [2.45, 2.75) is 6.42 Å². The monoisotopic (exact) mass is 471 g/mol. The van der Waals surface area contributed by atoms with Crippen molar-refractivity contribution in [3.05, 3.63) is 82.9 Å². The third-order valence-corrected chi connectivity index (χ3v) is 6.17. The van der Waals surface area contributed by atoms with E-state index in [0.717, 1.165) is 16.8 Å². The molecule has 8 nitrogen and oxygen atoms in total. The number of carbonyl (C=O) groups is 2. The second kappa shape index (κ2) is 9.42. The van der Waals surface area contributed by atoms with Crippen molar-refractivity contribution in [1.29, 1.82) is 0 Å². The number of hydrogen-bond acceptors (Lipinski definition) is 6. The molecular formula is C25H21N5O3S. The molecular weight excluding hydrogens is 450 g/mol. The number of hydrogen-bond donors (Lipinski definition) is 3. The van der Waals surface area contributed by atoms with Gasteiger partial charge in [-0.25, -0.2) is 4.98 Å². The van der Waals surface area contributed by atoms with Crippen LogP contribution < -0.4 is 10.6 Å². The van der Waals surface area contributed by atoms with Gasteiger partial charge in [0, 0.05) is 35.6 Å². The zero-order valence-electron chi connectivity index (χ0n) is 18.1. The molecule has 1 aliphatic heterocycles. The number of nitrogens with zero attached hydrogens (tertiary/aromatic N) is 3. The van der Waals surface area contributed by atoms with Crippen molar-refractivity contribution in [2.24, 2.45) is 4.99 Å². The van der Waals surface area contributed by atoms with Crippen molar-refractivity contribution in [1.82, 2.24) is 14.9 Å². The van der Waals surface area contributed by atoms with Gasteiger partial charge >= 0.3 is 0 Å². The average Bonchev–Trinajstić information content (AvgIpc) is 3.53.